The Bertz CT molecular complexity index is 587. The van der Waals surface area contributed by atoms with Crippen LogP contribution in [0.5, 0.6) is 0 Å². The molecule has 0 heterocycles. The fraction of sp³-hybridized carbons (Fsp3) is 0.308. The highest BCUT2D eigenvalue weighted by Gasteiger charge is 2.25. The molecule has 0 aromatic heterocycles. The predicted octanol–water partition coefficient (Wildman–Crippen LogP) is 1.16. The lowest BCUT2D eigenvalue weighted by atomic mass is 9.93. The summed E-state index contributed by atoms with van der Waals surface area (Å²) in [5, 5.41) is 13.3. The number of benzene rings is 1. The molecule has 0 aliphatic heterocycles. The predicted molar refractivity (Wildman–Crippen MR) is 73.4 cm³/mol. The van der Waals surface area contributed by atoms with Crippen molar-refractivity contribution in [3.63, 3.8) is 0 Å². The number of primary amides is 1. The van der Waals surface area contributed by atoms with Crippen molar-refractivity contribution in [1.82, 2.24) is 5.32 Å². The fourth-order valence-corrected chi connectivity index (χ4v) is 1.31. The second kappa shape index (κ2) is 6.21. The van der Waals surface area contributed by atoms with E-state index < -0.39 is 29.1 Å². The number of hydrogen-bond donors (Lipinski definition) is 4. The molecule has 1 rings (SSSR count). The summed E-state index contributed by atoms with van der Waals surface area (Å²) >= 11 is 0. The van der Waals surface area contributed by atoms with E-state index in [0.717, 1.165) is 18.2 Å². The molecular formula is C13H16FN3O4. The van der Waals surface area contributed by atoms with Crippen LogP contribution in [0.25, 0.3) is 0 Å². The second-order valence-corrected chi connectivity index (χ2v) is 5.06. The van der Waals surface area contributed by atoms with Gasteiger partial charge in [0.25, 0.3) is 0 Å². The number of hydrogen-bond acceptors (Lipinski definition) is 3. The van der Waals surface area contributed by atoms with Gasteiger partial charge in [-0.25, -0.2) is 14.0 Å². The maximum Gasteiger partial charge on any atom is 0.335 e. The first-order valence-electron chi connectivity index (χ1n) is 6.01. The number of carbonyl (C=O) groups excluding carboxylic acids is 2. The number of amides is 3. The lowest BCUT2D eigenvalue weighted by Crippen LogP contribution is -2.43. The first-order chi connectivity index (χ1) is 9.63. The summed E-state index contributed by atoms with van der Waals surface area (Å²) in [4.78, 5) is 33.5. The average molecular weight is 297 g/mol. The summed E-state index contributed by atoms with van der Waals surface area (Å²) < 4.78 is 13.5. The Morgan fingerprint density at radius 2 is 1.95 bits per heavy atom. The zero-order chi connectivity index (χ0) is 16.2. The number of rotatable bonds is 5. The topological polar surface area (TPSA) is 122 Å². The smallest absolute Gasteiger partial charge is 0.335 e. The van der Waals surface area contributed by atoms with Gasteiger partial charge in [-0.1, -0.05) is 0 Å². The van der Waals surface area contributed by atoms with Gasteiger partial charge in [0.1, 0.15) is 5.82 Å². The van der Waals surface area contributed by atoms with Crippen molar-refractivity contribution in [3.05, 3.63) is 29.6 Å². The molecule has 8 heteroatoms. The molecule has 7 nitrogen and oxygen atoms in total. The van der Waals surface area contributed by atoms with Gasteiger partial charge in [0.05, 0.1) is 16.7 Å². The Hall–Kier alpha value is -2.64. The van der Waals surface area contributed by atoms with Crippen molar-refractivity contribution < 1.29 is 23.9 Å². The van der Waals surface area contributed by atoms with Gasteiger partial charge in [-0.2, -0.15) is 0 Å². The molecular weight excluding hydrogens is 281 g/mol. The summed E-state index contributed by atoms with van der Waals surface area (Å²) in [7, 11) is 0. The number of aromatic carboxylic acids is 1. The first kappa shape index (κ1) is 16.4. The summed E-state index contributed by atoms with van der Waals surface area (Å²) in [5.74, 6) is -2.61. The van der Waals surface area contributed by atoms with E-state index in [1.165, 1.54) is 0 Å². The highest BCUT2D eigenvalue weighted by atomic mass is 19.1. The molecule has 5 N–H and O–H groups in total. The molecule has 0 aliphatic rings. The maximum atomic E-state index is 13.5. The number of carboxylic acids is 1. The van der Waals surface area contributed by atoms with E-state index >= 15 is 0 Å². The SMILES string of the molecule is CC(C)(CNC(=O)Nc1cc(C(=O)O)ccc1F)C(N)=O. The van der Waals surface area contributed by atoms with Crippen LogP contribution in [0, 0.1) is 11.2 Å². The molecule has 0 aliphatic carbocycles. The molecule has 1 aromatic rings. The molecule has 0 atom stereocenters. The van der Waals surface area contributed by atoms with Crippen molar-refractivity contribution >= 4 is 23.6 Å². The van der Waals surface area contributed by atoms with Gasteiger partial charge in [-0.15, -0.1) is 0 Å². The molecule has 21 heavy (non-hydrogen) atoms. The molecule has 1 aromatic carbocycles. The van der Waals surface area contributed by atoms with E-state index in [1.807, 2.05) is 0 Å². The van der Waals surface area contributed by atoms with Gasteiger partial charge in [0.15, 0.2) is 0 Å². The summed E-state index contributed by atoms with van der Waals surface area (Å²) in [6.07, 6.45) is 0. The van der Waals surface area contributed by atoms with Crippen LogP contribution in [0.2, 0.25) is 0 Å². The molecule has 0 unspecified atom stereocenters. The number of halogens is 1. The molecule has 114 valence electrons. The van der Waals surface area contributed by atoms with Crippen molar-refractivity contribution in [2.45, 2.75) is 13.8 Å². The van der Waals surface area contributed by atoms with E-state index in [1.54, 1.807) is 13.8 Å². The van der Waals surface area contributed by atoms with Crippen LogP contribution in [-0.4, -0.2) is 29.6 Å². The van der Waals surface area contributed by atoms with E-state index in [9.17, 15) is 18.8 Å². The minimum atomic E-state index is -1.24. The third-order valence-electron chi connectivity index (χ3n) is 2.82. The Morgan fingerprint density at radius 3 is 2.48 bits per heavy atom. The second-order valence-electron chi connectivity index (χ2n) is 5.06. The van der Waals surface area contributed by atoms with Crippen molar-refractivity contribution in [1.29, 1.82) is 0 Å². The van der Waals surface area contributed by atoms with Crippen LogP contribution < -0.4 is 16.4 Å². The minimum absolute atomic E-state index is 0.0472. The van der Waals surface area contributed by atoms with Gasteiger partial charge >= 0.3 is 12.0 Å². The third kappa shape index (κ3) is 4.44. The normalized spacial score (nSPS) is 10.8. The van der Waals surface area contributed by atoms with Crippen LogP contribution >= 0.6 is 0 Å². The quantitative estimate of drug-likeness (QED) is 0.651. The van der Waals surface area contributed by atoms with Gasteiger partial charge in [-0.05, 0) is 32.0 Å². The van der Waals surface area contributed by atoms with E-state index in [2.05, 4.69) is 10.6 Å². The van der Waals surface area contributed by atoms with Crippen molar-refractivity contribution in [2.24, 2.45) is 11.1 Å². The highest BCUT2D eigenvalue weighted by molar-refractivity contribution is 5.93. The molecule has 0 saturated carbocycles. The van der Waals surface area contributed by atoms with Gasteiger partial charge in [0, 0.05) is 6.54 Å². The van der Waals surface area contributed by atoms with Crippen LogP contribution in [0.3, 0.4) is 0 Å². The molecule has 0 radical (unpaired) electrons. The van der Waals surface area contributed by atoms with Gasteiger partial charge in [-0.3, -0.25) is 4.79 Å². The minimum Gasteiger partial charge on any atom is -0.478 e. The van der Waals surface area contributed by atoms with E-state index in [0.29, 0.717) is 0 Å². The molecule has 0 fully saturated rings. The standard InChI is InChI=1S/C13H16FN3O4/c1-13(2,11(15)20)6-16-12(21)17-9-5-7(10(18)19)3-4-8(9)14/h3-5H,6H2,1-2H3,(H2,15,20)(H,18,19)(H2,16,17,21). The van der Waals surface area contributed by atoms with Gasteiger partial charge < -0.3 is 21.5 Å². The van der Waals surface area contributed by atoms with E-state index in [4.69, 9.17) is 10.8 Å². The van der Waals surface area contributed by atoms with Crippen LogP contribution in [0.15, 0.2) is 18.2 Å². The highest BCUT2D eigenvalue weighted by Crippen LogP contribution is 2.16. The number of anilines is 1. The fourth-order valence-electron chi connectivity index (χ4n) is 1.31. The first-order valence-corrected chi connectivity index (χ1v) is 6.01. The van der Waals surface area contributed by atoms with Crippen molar-refractivity contribution in [3.8, 4) is 0 Å². The number of nitrogens with two attached hydrogens (primary N) is 1. The Kier molecular flexibility index (Phi) is 4.85. The molecule has 0 saturated heterocycles. The monoisotopic (exact) mass is 297 g/mol. The summed E-state index contributed by atoms with van der Waals surface area (Å²) in [6, 6.07) is 2.24. The van der Waals surface area contributed by atoms with Crippen molar-refractivity contribution in [2.75, 3.05) is 11.9 Å². The number of urea groups is 1. The number of nitrogens with one attached hydrogen (secondary N) is 2. The zero-order valence-corrected chi connectivity index (χ0v) is 11.6. The van der Waals surface area contributed by atoms with E-state index in [-0.39, 0.29) is 17.8 Å². The van der Waals surface area contributed by atoms with Crippen LogP contribution in [0.4, 0.5) is 14.9 Å². The number of carbonyl (C=O) groups is 3. The summed E-state index contributed by atoms with van der Waals surface area (Å²) in [6.45, 7) is 3.04. The van der Waals surface area contributed by atoms with Gasteiger partial charge in [0.2, 0.25) is 5.91 Å². The largest absolute Gasteiger partial charge is 0.478 e. The Morgan fingerprint density at radius 1 is 1.33 bits per heavy atom. The average Bonchev–Trinajstić information content (AvgIpc) is 2.38. The zero-order valence-electron chi connectivity index (χ0n) is 11.6. The number of carboxylic acid groups (broad SMARTS) is 1. The lowest BCUT2D eigenvalue weighted by molar-refractivity contribution is -0.125. The van der Waals surface area contributed by atoms with Crippen LogP contribution in [-0.2, 0) is 4.79 Å². The third-order valence-corrected chi connectivity index (χ3v) is 2.82. The summed E-state index contributed by atoms with van der Waals surface area (Å²) in [5.41, 5.74) is 3.75. The van der Waals surface area contributed by atoms with Crippen LogP contribution in [0.1, 0.15) is 24.2 Å². The molecule has 0 bridgehead atoms. The Labute approximate surface area is 120 Å². The maximum absolute atomic E-state index is 13.5. The molecule has 0 spiro atoms. The Balaban J connectivity index is 2.73. The molecule has 3 amide bonds. The lowest BCUT2D eigenvalue weighted by Gasteiger charge is -2.20.